The Kier molecular flexibility index (Phi) is 4.47. The number of hydrogen-bond acceptors (Lipinski definition) is 5. The molecule has 1 atom stereocenters. The van der Waals surface area contributed by atoms with Crippen molar-refractivity contribution in [3.63, 3.8) is 0 Å². The van der Waals surface area contributed by atoms with E-state index in [9.17, 15) is 4.79 Å². The lowest BCUT2D eigenvalue weighted by Gasteiger charge is -2.32. The second-order valence-corrected chi connectivity index (χ2v) is 7.28. The van der Waals surface area contributed by atoms with Gasteiger partial charge in [-0.25, -0.2) is 9.36 Å². The lowest BCUT2D eigenvalue weighted by atomic mass is 9.99. The predicted molar refractivity (Wildman–Crippen MR) is 95.1 cm³/mol. The number of fused-ring (bicyclic) bond motifs is 3. The Hall–Kier alpha value is -2.47. The molecule has 6 heteroatoms. The average molecular weight is 344 g/mol. The van der Waals surface area contributed by atoms with E-state index in [2.05, 4.69) is 0 Å². The van der Waals surface area contributed by atoms with Crippen molar-refractivity contribution in [3.8, 4) is 0 Å². The normalized spacial score (nSPS) is 18.5. The Morgan fingerprint density at radius 3 is 2.72 bits per heavy atom. The number of hydroxylamine groups is 2. The molecule has 1 N–H and O–H groups in total. The minimum Gasteiger partial charge on any atom is -0.512 e. The van der Waals surface area contributed by atoms with Gasteiger partial charge in [-0.2, -0.15) is 0 Å². The molecule has 1 aliphatic rings. The largest absolute Gasteiger partial charge is 0.512 e. The molecule has 0 bridgehead atoms. The number of aromatic nitrogens is 1. The summed E-state index contributed by atoms with van der Waals surface area (Å²) >= 11 is 0. The van der Waals surface area contributed by atoms with Crippen LogP contribution >= 0.6 is 0 Å². The molecule has 25 heavy (non-hydrogen) atoms. The molecule has 0 radical (unpaired) electrons. The van der Waals surface area contributed by atoms with E-state index in [1.165, 1.54) is 6.26 Å². The highest BCUT2D eigenvalue weighted by Crippen LogP contribution is 2.33. The van der Waals surface area contributed by atoms with Gasteiger partial charge in [-0.3, -0.25) is 0 Å². The average Bonchev–Trinajstić information content (AvgIpc) is 2.84. The fraction of sp³-hybridized carbons (Fsp3) is 0.421. The van der Waals surface area contributed by atoms with Gasteiger partial charge in [0.05, 0.1) is 17.8 Å². The molecule has 1 aromatic heterocycles. The topological polar surface area (TPSA) is 63.9 Å². The maximum atomic E-state index is 12.8. The number of carbonyl (C=O) groups excluding carboxylic acids is 1. The summed E-state index contributed by atoms with van der Waals surface area (Å²) in [6.07, 6.45) is 2.43. The van der Waals surface area contributed by atoms with Crippen LogP contribution in [0.15, 0.2) is 36.8 Å². The maximum absolute atomic E-state index is 12.8. The number of aliphatic hydroxyl groups is 1. The van der Waals surface area contributed by atoms with Crippen LogP contribution in [0.3, 0.4) is 0 Å². The molecule has 134 valence electrons. The summed E-state index contributed by atoms with van der Waals surface area (Å²) in [5, 5.41) is 11.7. The Bertz CT molecular complexity index is 817. The third-order valence-electron chi connectivity index (χ3n) is 4.22. The number of nitrogens with zero attached hydrogens (tertiary/aromatic N) is 2. The Labute approximate surface area is 147 Å². The zero-order chi connectivity index (χ0) is 18.2. The molecule has 0 amide bonds. The van der Waals surface area contributed by atoms with Crippen LogP contribution in [0.5, 0.6) is 0 Å². The number of benzene rings is 1. The van der Waals surface area contributed by atoms with Crippen molar-refractivity contribution >= 4 is 17.0 Å². The van der Waals surface area contributed by atoms with Crippen molar-refractivity contribution in [2.24, 2.45) is 0 Å². The van der Waals surface area contributed by atoms with Gasteiger partial charge in [0.1, 0.15) is 18.1 Å². The summed E-state index contributed by atoms with van der Waals surface area (Å²) < 4.78 is 7.25. The Balaban J connectivity index is 2.10. The van der Waals surface area contributed by atoms with E-state index in [0.717, 1.165) is 34.8 Å². The Morgan fingerprint density at radius 2 is 2.04 bits per heavy atom. The number of hydrogen-bond donors (Lipinski definition) is 1. The summed E-state index contributed by atoms with van der Waals surface area (Å²) in [5.74, 6) is 0. The second-order valence-electron chi connectivity index (χ2n) is 7.28. The van der Waals surface area contributed by atoms with Crippen LogP contribution in [0.1, 0.15) is 39.0 Å². The summed E-state index contributed by atoms with van der Waals surface area (Å²) in [6, 6.07) is 7.97. The predicted octanol–water partition coefficient (Wildman–Crippen LogP) is 4.13. The van der Waals surface area contributed by atoms with E-state index in [0.29, 0.717) is 6.54 Å². The van der Waals surface area contributed by atoms with E-state index >= 15 is 0 Å². The molecular formula is C19H24N2O4. The fourth-order valence-corrected chi connectivity index (χ4v) is 3.22. The zero-order valence-corrected chi connectivity index (χ0v) is 15.0. The first-order chi connectivity index (χ1) is 11.8. The quantitative estimate of drug-likeness (QED) is 0.830. The van der Waals surface area contributed by atoms with Gasteiger partial charge in [0.15, 0.2) is 0 Å². The van der Waals surface area contributed by atoms with Crippen molar-refractivity contribution in [3.05, 3.63) is 48.0 Å². The highest BCUT2D eigenvalue weighted by Gasteiger charge is 2.32. The van der Waals surface area contributed by atoms with E-state index in [-0.39, 0.29) is 6.04 Å². The van der Waals surface area contributed by atoms with Crippen LogP contribution in [0.25, 0.3) is 10.9 Å². The molecule has 2 heterocycles. The van der Waals surface area contributed by atoms with E-state index in [1.54, 1.807) is 9.63 Å². The van der Waals surface area contributed by atoms with Crippen LogP contribution in [0.4, 0.5) is 4.79 Å². The van der Waals surface area contributed by atoms with Crippen LogP contribution in [0, 0.1) is 0 Å². The molecule has 3 rings (SSSR count). The summed E-state index contributed by atoms with van der Waals surface area (Å²) in [4.78, 5) is 18.3. The number of carbonyl (C=O) groups is 1. The molecule has 0 saturated carbocycles. The first kappa shape index (κ1) is 17.4. The lowest BCUT2D eigenvalue weighted by Crippen LogP contribution is -2.39. The molecule has 1 unspecified atom stereocenters. The van der Waals surface area contributed by atoms with Crippen LogP contribution in [-0.4, -0.2) is 32.5 Å². The van der Waals surface area contributed by atoms with Crippen LogP contribution < -0.4 is 0 Å². The van der Waals surface area contributed by atoms with Gasteiger partial charge in [-0.1, -0.05) is 18.2 Å². The number of rotatable bonds is 2. The van der Waals surface area contributed by atoms with Gasteiger partial charge in [-0.05, 0) is 45.7 Å². The SMILES string of the molecule is CC1Cc2c(n(C(=O)OC(C)(C)C)c3ccccc23)CN1OC=CO. The lowest BCUT2D eigenvalue weighted by molar-refractivity contribution is -0.147. The maximum Gasteiger partial charge on any atom is 0.419 e. The molecule has 0 fully saturated rings. The third-order valence-corrected chi connectivity index (χ3v) is 4.22. The molecular weight excluding hydrogens is 320 g/mol. The standard InChI is InChI=1S/C19H24N2O4/c1-13-11-15-14-7-5-6-8-16(14)21(18(23)25-19(2,3)4)17(15)12-20(13)24-10-9-22/h5-10,13,22H,11-12H2,1-4H3. The van der Waals surface area contributed by atoms with E-state index in [4.69, 9.17) is 14.7 Å². The monoisotopic (exact) mass is 344 g/mol. The zero-order valence-electron chi connectivity index (χ0n) is 15.0. The summed E-state index contributed by atoms with van der Waals surface area (Å²) in [7, 11) is 0. The Morgan fingerprint density at radius 1 is 1.32 bits per heavy atom. The minimum atomic E-state index is -0.576. The molecule has 1 aromatic carbocycles. The van der Waals surface area contributed by atoms with Crippen molar-refractivity contribution < 1.29 is 19.5 Å². The minimum absolute atomic E-state index is 0.113. The molecule has 6 nitrogen and oxygen atoms in total. The third kappa shape index (κ3) is 3.35. The summed E-state index contributed by atoms with van der Waals surface area (Å²) in [5.41, 5.74) is 2.27. The highest BCUT2D eigenvalue weighted by atomic mass is 16.7. The van der Waals surface area contributed by atoms with Crippen molar-refractivity contribution in [1.82, 2.24) is 9.63 Å². The van der Waals surface area contributed by atoms with Gasteiger partial charge in [0.25, 0.3) is 0 Å². The number of ether oxygens (including phenoxy) is 1. The molecule has 2 aromatic rings. The first-order valence-electron chi connectivity index (χ1n) is 8.39. The molecule has 0 aliphatic carbocycles. The van der Waals surface area contributed by atoms with Crippen LogP contribution in [-0.2, 0) is 22.5 Å². The highest BCUT2D eigenvalue weighted by molar-refractivity contribution is 5.94. The van der Waals surface area contributed by atoms with E-state index in [1.807, 2.05) is 52.0 Å². The first-order valence-corrected chi connectivity index (χ1v) is 8.39. The molecule has 0 saturated heterocycles. The second kappa shape index (κ2) is 6.44. The van der Waals surface area contributed by atoms with Crippen molar-refractivity contribution in [1.29, 1.82) is 0 Å². The number of para-hydroxylation sites is 1. The van der Waals surface area contributed by atoms with Gasteiger partial charge in [0.2, 0.25) is 0 Å². The van der Waals surface area contributed by atoms with Crippen LogP contribution in [0.2, 0.25) is 0 Å². The smallest absolute Gasteiger partial charge is 0.419 e. The molecule has 1 aliphatic heterocycles. The van der Waals surface area contributed by atoms with Gasteiger partial charge in [-0.15, -0.1) is 5.06 Å². The van der Waals surface area contributed by atoms with Gasteiger partial charge >= 0.3 is 6.09 Å². The van der Waals surface area contributed by atoms with Gasteiger partial charge in [0, 0.05) is 11.4 Å². The van der Waals surface area contributed by atoms with Crippen molar-refractivity contribution in [2.45, 2.75) is 52.3 Å². The molecule has 0 spiro atoms. The van der Waals surface area contributed by atoms with Crippen molar-refractivity contribution in [2.75, 3.05) is 0 Å². The fourth-order valence-electron chi connectivity index (χ4n) is 3.22. The van der Waals surface area contributed by atoms with E-state index < -0.39 is 11.7 Å². The van der Waals surface area contributed by atoms with Gasteiger partial charge < -0.3 is 14.7 Å². The summed E-state index contributed by atoms with van der Waals surface area (Å²) in [6.45, 7) is 8.04. The number of aliphatic hydroxyl groups excluding tert-OH is 1.